The summed E-state index contributed by atoms with van der Waals surface area (Å²) in [6, 6.07) is 8.17. The minimum atomic E-state index is -3.94. The number of benzene rings is 2. The van der Waals surface area contributed by atoms with Gasteiger partial charge in [0.05, 0.1) is 36.7 Å². The average molecular weight is 954 g/mol. The number of ether oxygens (including phenoxy) is 2. The van der Waals surface area contributed by atoms with Crippen molar-refractivity contribution in [2.24, 2.45) is 5.92 Å². The summed E-state index contributed by atoms with van der Waals surface area (Å²) < 4.78 is 46.1. The minimum Gasteiger partial charge on any atom is -0.496 e. The number of nitrogens with zero attached hydrogens (tertiary/aromatic N) is 3. The van der Waals surface area contributed by atoms with E-state index in [0.717, 1.165) is 35.2 Å². The van der Waals surface area contributed by atoms with Crippen LogP contribution in [0.3, 0.4) is 0 Å². The predicted octanol–water partition coefficient (Wildman–Crippen LogP) is 4.24. The van der Waals surface area contributed by atoms with Gasteiger partial charge in [-0.3, -0.25) is 19.1 Å². The number of amides is 5. The van der Waals surface area contributed by atoms with E-state index in [9.17, 15) is 32.6 Å². The predicted molar refractivity (Wildman–Crippen MR) is 252 cm³/mol. The number of aromatic nitrogens is 2. The molecular formula is C47H56BN7O10S2. The van der Waals surface area contributed by atoms with Crippen LogP contribution in [-0.2, 0) is 42.2 Å². The van der Waals surface area contributed by atoms with Gasteiger partial charge in [-0.25, -0.2) is 23.2 Å². The van der Waals surface area contributed by atoms with Gasteiger partial charge in [-0.2, -0.15) is 0 Å². The number of hydrogen-bond donors (Lipinski definition) is 5. The number of allylic oxidation sites excluding steroid dienone is 1. The van der Waals surface area contributed by atoms with Crippen molar-refractivity contribution in [3.05, 3.63) is 76.3 Å². The molecule has 4 aromatic rings. The SMILES string of the molecule is COc1ccc2c(O[C@@H]3CC4C(=O)N[C@]5(C(=O)NS(=O)(=O)C6CC6)C[C@H]5/C=C\CCCCC[C@H](NC(=O)NCc5ccc6c(c5)B(O)OC6)C(=O)N4C3)cc(-c3nc(C(C)C)cs3)nc2c1C. The molecule has 5 amide bonds. The van der Waals surface area contributed by atoms with Crippen molar-refractivity contribution in [1.29, 1.82) is 0 Å². The van der Waals surface area contributed by atoms with Crippen LogP contribution in [-0.4, -0.2) is 102 Å². The fraction of sp³-hybridized carbons (Fsp3) is 0.489. The van der Waals surface area contributed by atoms with Crippen molar-refractivity contribution < 1.29 is 46.7 Å². The molecule has 3 aliphatic heterocycles. The van der Waals surface area contributed by atoms with Gasteiger partial charge in [-0.15, -0.1) is 11.3 Å². The van der Waals surface area contributed by atoms with Crippen LogP contribution < -0.4 is 35.6 Å². The van der Waals surface area contributed by atoms with E-state index in [-0.39, 0.29) is 38.3 Å². The highest BCUT2D eigenvalue weighted by molar-refractivity contribution is 7.91. The van der Waals surface area contributed by atoms with Crippen molar-refractivity contribution >= 4 is 68.6 Å². The third kappa shape index (κ3) is 9.76. The highest BCUT2D eigenvalue weighted by Crippen LogP contribution is 2.46. The Bertz CT molecular complexity index is 2750. The molecule has 0 spiro atoms. The number of hydrogen-bond acceptors (Lipinski definition) is 13. The molecule has 17 nitrogen and oxygen atoms in total. The zero-order chi connectivity index (χ0) is 47.2. The minimum absolute atomic E-state index is 0.0198. The number of carbonyl (C=O) groups excluding carboxylic acids is 4. The van der Waals surface area contributed by atoms with E-state index >= 15 is 0 Å². The summed E-state index contributed by atoms with van der Waals surface area (Å²) >= 11 is 1.47. The van der Waals surface area contributed by atoms with Crippen LogP contribution in [0.1, 0.15) is 99.9 Å². The number of aryl methyl sites for hydroxylation is 1. The molecule has 2 aromatic carbocycles. The monoisotopic (exact) mass is 953 g/mol. The normalized spacial score (nSPS) is 24.7. The Labute approximate surface area is 394 Å². The summed E-state index contributed by atoms with van der Waals surface area (Å²) in [6.45, 7) is 6.41. The molecule has 2 aliphatic carbocycles. The maximum Gasteiger partial charge on any atom is 0.491 e. The first-order valence-corrected chi connectivity index (χ1v) is 25.5. The van der Waals surface area contributed by atoms with Crippen LogP contribution in [0.5, 0.6) is 11.5 Å². The van der Waals surface area contributed by atoms with E-state index in [1.165, 1.54) is 16.2 Å². The Morgan fingerprint density at radius 2 is 1.91 bits per heavy atom. The van der Waals surface area contributed by atoms with Gasteiger partial charge in [0, 0.05) is 41.3 Å². The van der Waals surface area contributed by atoms with E-state index in [4.69, 9.17) is 24.1 Å². The maximum absolute atomic E-state index is 15.0. The van der Waals surface area contributed by atoms with E-state index in [1.807, 2.05) is 54.8 Å². The molecular weight excluding hydrogens is 898 g/mol. The second-order valence-corrected chi connectivity index (χ2v) is 21.4. The average Bonchev–Trinajstić information content (AvgIpc) is 4.12. The first kappa shape index (κ1) is 46.5. The molecule has 5 atom stereocenters. The summed E-state index contributed by atoms with van der Waals surface area (Å²) in [5.41, 5.74) is 3.62. The second kappa shape index (κ2) is 18.8. The standard InChI is InChI=1S/C47H56BN7O10S2/c1-26(2)37-25-66-43(51-37)36-20-40(33-16-17-39(63-4)27(3)41(33)50-36)65-31-19-38-42(56)53-47(45(58)54-67(61,62)32-14-15-32)21-30(47)10-8-6-5-7-9-11-35(44(57)55(38)23-31)52-46(59)49-22-28-12-13-29-24-64-48(60)34(29)18-28/h8,10,12-13,16-18,20,25-26,30-32,35,38,60H,5-7,9,11,14-15,19,21-24H2,1-4H3,(H,53,56)(H,54,58)(H2,49,52,59)/b10-8-/t30-,31-,35+,38?,47-/m1/s1. The van der Waals surface area contributed by atoms with E-state index in [2.05, 4.69) is 34.5 Å². The van der Waals surface area contributed by atoms with Crippen LogP contribution >= 0.6 is 11.3 Å². The zero-order valence-electron chi connectivity index (χ0n) is 38.0. The van der Waals surface area contributed by atoms with Gasteiger partial charge in [0.15, 0.2) is 0 Å². The van der Waals surface area contributed by atoms with E-state index in [1.54, 1.807) is 13.2 Å². The fourth-order valence-corrected chi connectivity index (χ4v) is 11.6. The highest BCUT2D eigenvalue weighted by atomic mass is 32.2. The molecule has 5 N–H and O–H groups in total. The van der Waals surface area contributed by atoms with E-state index in [0.29, 0.717) is 70.9 Å². The Morgan fingerprint density at radius 3 is 2.67 bits per heavy atom. The molecule has 5 heterocycles. The van der Waals surface area contributed by atoms with Gasteiger partial charge in [0.25, 0.3) is 5.91 Å². The molecule has 67 heavy (non-hydrogen) atoms. The number of fused-ring (bicyclic) bond motifs is 4. The molecule has 1 saturated heterocycles. The largest absolute Gasteiger partial charge is 0.496 e. The molecule has 1 unspecified atom stereocenters. The van der Waals surface area contributed by atoms with Gasteiger partial charge < -0.3 is 40.0 Å². The molecule has 0 radical (unpaired) electrons. The van der Waals surface area contributed by atoms with Crippen LogP contribution in [0.4, 0.5) is 4.79 Å². The second-order valence-electron chi connectivity index (χ2n) is 18.6. The summed E-state index contributed by atoms with van der Waals surface area (Å²) in [4.78, 5) is 68.7. The molecule has 354 valence electrons. The molecule has 5 aliphatic rings. The topological polar surface area (TPSA) is 227 Å². The Hall–Kier alpha value is -5.57. The van der Waals surface area contributed by atoms with Crippen LogP contribution in [0.2, 0.25) is 0 Å². The van der Waals surface area contributed by atoms with Crippen molar-refractivity contribution in [2.45, 2.75) is 127 Å². The van der Waals surface area contributed by atoms with Crippen molar-refractivity contribution in [3.63, 3.8) is 0 Å². The number of methoxy groups -OCH3 is 1. The van der Waals surface area contributed by atoms with Crippen molar-refractivity contribution in [3.8, 4) is 22.2 Å². The van der Waals surface area contributed by atoms with Crippen molar-refractivity contribution in [1.82, 2.24) is 35.5 Å². The van der Waals surface area contributed by atoms with Crippen LogP contribution in [0.15, 0.2) is 53.9 Å². The molecule has 3 fully saturated rings. The summed E-state index contributed by atoms with van der Waals surface area (Å²) in [5, 5.41) is 21.6. The number of pyridine rings is 1. The lowest BCUT2D eigenvalue weighted by molar-refractivity contribution is -0.141. The third-order valence-electron chi connectivity index (χ3n) is 13.5. The van der Waals surface area contributed by atoms with Gasteiger partial charge >= 0.3 is 13.1 Å². The fourth-order valence-electron chi connectivity index (χ4n) is 9.27. The molecule has 20 heteroatoms. The first-order chi connectivity index (χ1) is 32.1. The lowest BCUT2D eigenvalue weighted by atomic mass is 9.79. The van der Waals surface area contributed by atoms with Gasteiger partial charge in [0.1, 0.15) is 45.9 Å². The lowest BCUT2D eigenvalue weighted by Gasteiger charge is -2.30. The number of rotatable bonds is 11. The van der Waals surface area contributed by atoms with E-state index < -0.39 is 75.8 Å². The van der Waals surface area contributed by atoms with Crippen LogP contribution in [0.25, 0.3) is 21.6 Å². The molecule has 0 bridgehead atoms. The summed E-state index contributed by atoms with van der Waals surface area (Å²) in [6.07, 6.45) is 7.24. The highest BCUT2D eigenvalue weighted by Gasteiger charge is 2.62. The molecule has 9 rings (SSSR count). The third-order valence-corrected chi connectivity index (χ3v) is 16.2. The van der Waals surface area contributed by atoms with Crippen LogP contribution in [0, 0.1) is 12.8 Å². The number of sulfonamides is 1. The van der Waals surface area contributed by atoms with Gasteiger partial charge in [-0.1, -0.05) is 57.0 Å². The smallest absolute Gasteiger partial charge is 0.491 e. The lowest BCUT2D eigenvalue weighted by Crippen LogP contribution is -2.58. The number of urea groups is 1. The van der Waals surface area contributed by atoms with Crippen molar-refractivity contribution in [2.75, 3.05) is 13.7 Å². The zero-order valence-corrected chi connectivity index (χ0v) is 39.6. The molecule has 2 saturated carbocycles. The van der Waals surface area contributed by atoms with Gasteiger partial charge in [-0.05, 0) is 80.1 Å². The van der Waals surface area contributed by atoms with Gasteiger partial charge in [0.2, 0.25) is 21.8 Å². The molecule has 2 aromatic heterocycles. The summed E-state index contributed by atoms with van der Waals surface area (Å²) in [5.74, 6) is -1.11. The summed E-state index contributed by atoms with van der Waals surface area (Å²) in [7, 11) is -3.39. The Balaban J connectivity index is 1.03. The first-order valence-electron chi connectivity index (χ1n) is 23.1. The Kier molecular flexibility index (Phi) is 13.1. The Morgan fingerprint density at radius 1 is 1.09 bits per heavy atom. The number of thiazole rings is 1. The quantitative estimate of drug-likeness (QED) is 0.105. The number of nitrogens with one attached hydrogen (secondary N) is 4. The maximum atomic E-state index is 15.0. The number of carbonyl (C=O) groups is 4.